The first kappa shape index (κ1) is 21.8. The fourth-order valence-corrected chi connectivity index (χ4v) is 4.02. The lowest BCUT2D eigenvalue weighted by Crippen LogP contribution is -2.17. The van der Waals surface area contributed by atoms with E-state index in [9.17, 15) is 9.59 Å². The summed E-state index contributed by atoms with van der Waals surface area (Å²) in [6.07, 6.45) is 0.950. The van der Waals surface area contributed by atoms with Crippen molar-refractivity contribution < 1.29 is 4.79 Å². The van der Waals surface area contributed by atoms with Gasteiger partial charge in [-0.1, -0.05) is 68.9 Å². The number of H-pyrrole nitrogens is 1. The third-order valence-electron chi connectivity index (χ3n) is 5.23. The Morgan fingerprint density at radius 1 is 1.12 bits per heavy atom. The van der Waals surface area contributed by atoms with E-state index in [1.165, 1.54) is 27.4 Å². The number of aryl methyl sites for hydroxylation is 1. The second kappa shape index (κ2) is 9.40. The van der Waals surface area contributed by atoms with Gasteiger partial charge in [0.05, 0.1) is 11.4 Å². The lowest BCUT2D eigenvalue weighted by Gasteiger charge is -2.06. The lowest BCUT2D eigenvalue weighted by atomic mass is 10.0. The molecule has 0 aliphatic heterocycles. The van der Waals surface area contributed by atoms with Crippen molar-refractivity contribution in [2.45, 2.75) is 38.3 Å². The molecule has 0 atom stereocenters. The molecule has 2 aromatic carbocycles. The largest absolute Gasteiger partial charge is 0.325 e. The quantitative estimate of drug-likeness (QED) is 0.407. The van der Waals surface area contributed by atoms with Crippen molar-refractivity contribution >= 4 is 28.9 Å². The summed E-state index contributed by atoms with van der Waals surface area (Å²) in [5, 5.41) is 14.5. The van der Waals surface area contributed by atoms with Crippen LogP contribution in [0.15, 0.2) is 64.5 Å². The van der Waals surface area contributed by atoms with Gasteiger partial charge in [0.25, 0.3) is 5.56 Å². The Hall–Kier alpha value is -3.39. The van der Waals surface area contributed by atoms with Gasteiger partial charge in [-0.15, -0.1) is 5.10 Å². The van der Waals surface area contributed by atoms with Crippen LogP contribution in [-0.2, 0) is 11.2 Å². The van der Waals surface area contributed by atoms with E-state index < -0.39 is 0 Å². The van der Waals surface area contributed by atoms with Gasteiger partial charge in [-0.05, 0) is 41.7 Å². The number of nitrogens with one attached hydrogen (secondary N) is 2. The fraction of sp³-hybridized carbons (Fsp3) is 0.250. The number of aromatic nitrogens is 4. The van der Waals surface area contributed by atoms with Gasteiger partial charge in [-0.25, -0.2) is 9.61 Å². The van der Waals surface area contributed by atoms with Gasteiger partial charge in [-0.2, -0.15) is 5.10 Å². The van der Waals surface area contributed by atoms with Crippen LogP contribution in [0.3, 0.4) is 0 Å². The third kappa shape index (κ3) is 4.75. The Bertz CT molecular complexity index is 1290. The number of benzene rings is 2. The molecule has 4 aromatic rings. The highest BCUT2D eigenvalue weighted by Gasteiger charge is 2.14. The summed E-state index contributed by atoms with van der Waals surface area (Å²) in [6.45, 7) is 6.37. The summed E-state index contributed by atoms with van der Waals surface area (Å²) in [6, 6.07) is 17.7. The predicted octanol–water partition coefficient (Wildman–Crippen LogP) is 4.50. The van der Waals surface area contributed by atoms with Gasteiger partial charge in [0.2, 0.25) is 11.1 Å². The predicted molar refractivity (Wildman–Crippen MR) is 128 cm³/mol. The maximum atomic E-state index is 12.4. The van der Waals surface area contributed by atoms with E-state index in [0.717, 1.165) is 17.7 Å². The number of aromatic amines is 1. The number of hydrogen-bond donors (Lipinski definition) is 2. The average molecular weight is 448 g/mol. The summed E-state index contributed by atoms with van der Waals surface area (Å²) in [4.78, 5) is 24.7. The van der Waals surface area contributed by atoms with E-state index >= 15 is 0 Å². The number of fused-ring (bicyclic) bond motifs is 1. The Balaban J connectivity index is 1.52. The van der Waals surface area contributed by atoms with Crippen LogP contribution < -0.4 is 10.9 Å². The van der Waals surface area contributed by atoms with Gasteiger partial charge < -0.3 is 5.32 Å². The zero-order valence-corrected chi connectivity index (χ0v) is 19.1. The topological polar surface area (TPSA) is 92.1 Å². The molecule has 2 heterocycles. The molecule has 0 fully saturated rings. The van der Waals surface area contributed by atoms with Crippen LogP contribution in [0.4, 0.5) is 5.69 Å². The van der Waals surface area contributed by atoms with Gasteiger partial charge in [0.1, 0.15) is 5.52 Å². The number of amides is 1. The molecule has 164 valence electrons. The highest BCUT2D eigenvalue weighted by Crippen LogP contribution is 2.24. The molecule has 32 heavy (non-hydrogen) atoms. The summed E-state index contributed by atoms with van der Waals surface area (Å²) < 4.78 is 1.50. The van der Waals surface area contributed by atoms with E-state index in [-0.39, 0.29) is 17.2 Å². The minimum Gasteiger partial charge on any atom is -0.325 e. The first-order valence-corrected chi connectivity index (χ1v) is 11.5. The van der Waals surface area contributed by atoms with Gasteiger partial charge >= 0.3 is 0 Å². The molecule has 4 rings (SSSR count). The van der Waals surface area contributed by atoms with E-state index in [1.807, 2.05) is 36.4 Å². The molecule has 0 saturated carbocycles. The first-order chi connectivity index (χ1) is 15.4. The van der Waals surface area contributed by atoms with Crippen LogP contribution in [0.25, 0.3) is 16.8 Å². The highest BCUT2D eigenvalue weighted by atomic mass is 32.2. The minimum absolute atomic E-state index is 0.141. The lowest BCUT2D eigenvalue weighted by molar-refractivity contribution is -0.113. The van der Waals surface area contributed by atoms with Crippen molar-refractivity contribution in [1.29, 1.82) is 0 Å². The van der Waals surface area contributed by atoms with E-state index in [1.54, 1.807) is 6.07 Å². The van der Waals surface area contributed by atoms with Gasteiger partial charge in [-0.3, -0.25) is 9.59 Å². The van der Waals surface area contributed by atoms with Crippen molar-refractivity contribution in [2.75, 3.05) is 11.1 Å². The molecule has 0 aliphatic rings. The number of carbonyl (C=O) groups is 1. The number of thioether (sulfide) groups is 1. The molecule has 7 nitrogen and oxygen atoms in total. The average Bonchev–Trinajstić information content (AvgIpc) is 3.26. The number of anilines is 1. The second-order valence-corrected chi connectivity index (χ2v) is 8.77. The summed E-state index contributed by atoms with van der Waals surface area (Å²) in [7, 11) is 0. The van der Waals surface area contributed by atoms with Crippen molar-refractivity contribution in [3.8, 4) is 11.3 Å². The van der Waals surface area contributed by atoms with Gasteiger partial charge in [0.15, 0.2) is 0 Å². The van der Waals surface area contributed by atoms with Crippen molar-refractivity contribution in [1.82, 2.24) is 19.8 Å². The van der Waals surface area contributed by atoms with Crippen molar-refractivity contribution in [3.63, 3.8) is 0 Å². The zero-order chi connectivity index (χ0) is 22.7. The zero-order valence-electron chi connectivity index (χ0n) is 18.3. The molecule has 0 aliphatic carbocycles. The van der Waals surface area contributed by atoms with E-state index in [4.69, 9.17) is 0 Å². The minimum atomic E-state index is -0.327. The molecule has 0 bridgehead atoms. The van der Waals surface area contributed by atoms with Crippen LogP contribution >= 0.6 is 11.8 Å². The van der Waals surface area contributed by atoms with Gasteiger partial charge in [0, 0.05) is 11.3 Å². The number of hydrogen-bond acceptors (Lipinski definition) is 5. The van der Waals surface area contributed by atoms with Crippen LogP contribution in [0.1, 0.15) is 37.8 Å². The molecular formula is C24H25N5O2S. The normalized spacial score (nSPS) is 11.2. The second-order valence-electron chi connectivity index (χ2n) is 7.83. The SMILES string of the molecule is CCc1ccc(NC(=O)CSc2n[nH]c(=O)c3cc(-c4ccc(C(C)C)cc4)nn23)cc1. The first-order valence-electron chi connectivity index (χ1n) is 10.5. The van der Waals surface area contributed by atoms with E-state index in [2.05, 4.69) is 53.5 Å². The molecule has 2 N–H and O–H groups in total. The number of carbonyl (C=O) groups excluding carboxylic acids is 1. The molecular weight excluding hydrogens is 422 g/mol. The summed E-state index contributed by atoms with van der Waals surface area (Å²) in [5.41, 5.74) is 4.86. The Morgan fingerprint density at radius 2 is 1.84 bits per heavy atom. The van der Waals surface area contributed by atoms with Crippen molar-refractivity contribution in [2.24, 2.45) is 0 Å². The molecule has 0 unspecified atom stereocenters. The molecule has 2 aromatic heterocycles. The highest BCUT2D eigenvalue weighted by molar-refractivity contribution is 7.99. The van der Waals surface area contributed by atoms with Crippen molar-refractivity contribution in [3.05, 3.63) is 76.1 Å². The Labute approximate surface area is 190 Å². The third-order valence-corrected chi connectivity index (χ3v) is 6.16. The maximum absolute atomic E-state index is 12.4. The smallest absolute Gasteiger partial charge is 0.290 e. The number of rotatable bonds is 7. The molecule has 0 spiro atoms. The summed E-state index contributed by atoms with van der Waals surface area (Å²) >= 11 is 1.22. The molecule has 0 radical (unpaired) electrons. The van der Waals surface area contributed by atoms with E-state index in [0.29, 0.717) is 22.3 Å². The molecule has 8 heteroatoms. The number of nitrogens with zero attached hydrogens (tertiary/aromatic N) is 3. The van der Waals surface area contributed by atoms with Crippen LogP contribution in [0, 0.1) is 0 Å². The Morgan fingerprint density at radius 3 is 2.50 bits per heavy atom. The fourth-order valence-electron chi connectivity index (χ4n) is 3.32. The van der Waals surface area contributed by atoms with Crippen LogP contribution in [0.5, 0.6) is 0 Å². The summed E-state index contributed by atoms with van der Waals surface area (Å²) in [5.74, 6) is 0.426. The van der Waals surface area contributed by atoms with Crippen LogP contribution in [0.2, 0.25) is 0 Å². The molecule has 1 amide bonds. The standard InChI is InChI=1S/C24H25N5O2S/c1-4-16-5-11-19(12-6-16)25-22(30)14-32-24-27-26-23(31)21-13-20(28-29(21)24)18-9-7-17(8-10-18)15(2)3/h5-13,15H,4,14H2,1-3H3,(H,25,30)(H,26,31). The Kier molecular flexibility index (Phi) is 6.41. The van der Waals surface area contributed by atoms with Crippen LogP contribution in [-0.4, -0.2) is 31.5 Å². The molecule has 0 saturated heterocycles. The maximum Gasteiger partial charge on any atom is 0.290 e. The monoisotopic (exact) mass is 447 g/mol.